The molecule has 0 radical (unpaired) electrons. The van der Waals surface area contributed by atoms with Crippen LogP contribution in [0.2, 0.25) is 0 Å². The van der Waals surface area contributed by atoms with Crippen molar-refractivity contribution < 1.29 is 0 Å². The van der Waals surface area contributed by atoms with Crippen LogP contribution in [-0.2, 0) is 0 Å². The number of nitrogens with two attached hydrogens (primary N) is 1. The van der Waals surface area contributed by atoms with Crippen LogP contribution in [0.15, 0.2) is 46.9 Å². The summed E-state index contributed by atoms with van der Waals surface area (Å²) in [6.07, 6.45) is 0. The zero-order chi connectivity index (χ0) is 14.4. The number of thiazole rings is 1. The fourth-order valence-corrected chi connectivity index (χ4v) is 3.64. The molecule has 1 aromatic heterocycles. The van der Waals surface area contributed by atoms with Crippen LogP contribution in [0.5, 0.6) is 0 Å². The van der Waals surface area contributed by atoms with Gasteiger partial charge in [-0.25, -0.2) is 9.98 Å². The van der Waals surface area contributed by atoms with Gasteiger partial charge < -0.3 is 10.6 Å². The van der Waals surface area contributed by atoms with Crippen LogP contribution in [0, 0.1) is 3.57 Å². The van der Waals surface area contributed by atoms with E-state index in [1.54, 1.807) is 11.3 Å². The summed E-state index contributed by atoms with van der Waals surface area (Å²) in [7, 11) is 0. The SMILES string of the molecule is NC1=NCN(c2ccc3scnc3c2)c2ccc(I)cc21. The quantitative estimate of drug-likeness (QED) is 0.627. The molecule has 0 spiro atoms. The van der Waals surface area contributed by atoms with Crippen molar-refractivity contribution in [1.82, 2.24) is 4.98 Å². The summed E-state index contributed by atoms with van der Waals surface area (Å²) in [6, 6.07) is 12.6. The molecule has 0 atom stereocenters. The normalized spacial score (nSPS) is 14.1. The van der Waals surface area contributed by atoms with Gasteiger partial charge in [-0.05, 0) is 59.0 Å². The van der Waals surface area contributed by atoms with Crippen LogP contribution in [0.3, 0.4) is 0 Å². The van der Waals surface area contributed by atoms with Crippen LogP contribution >= 0.6 is 33.9 Å². The van der Waals surface area contributed by atoms with E-state index in [1.807, 2.05) is 5.51 Å². The smallest absolute Gasteiger partial charge is 0.129 e. The van der Waals surface area contributed by atoms with Crippen LogP contribution in [-0.4, -0.2) is 17.5 Å². The number of aromatic nitrogens is 1. The Morgan fingerprint density at radius 3 is 3.00 bits per heavy atom. The minimum absolute atomic E-state index is 0.537. The van der Waals surface area contributed by atoms with Crippen molar-refractivity contribution >= 4 is 61.4 Å². The highest BCUT2D eigenvalue weighted by molar-refractivity contribution is 14.1. The second-order valence-corrected chi connectivity index (χ2v) is 6.91. The van der Waals surface area contributed by atoms with Crippen molar-refractivity contribution in [2.24, 2.45) is 10.7 Å². The van der Waals surface area contributed by atoms with E-state index >= 15 is 0 Å². The summed E-state index contributed by atoms with van der Waals surface area (Å²) >= 11 is 3.94. The Kier molecular flexibility index (Phi) is 3.07. The minimum atomic E-state index is 0.537. The Labute approximate surface area is 139 Å². The van der Waals surface area contributed by atoms with Gasteiger partial charge in [-0.3, -0.25) is 0 Å². The highest BCUT2D eigenvalue weighted by atomic mass is 127. The molecular weight excluding hydrogens is 395 g/mol. The van der Waals surface area contributed by atoms with Gasteiger partial charge in [0.2, 0.25) is 0 Å². The Bertz CT molecular complexity index is 871. The molecule has 1 aliphatic rings. The Morgan fingerprint density at radius 2 is 2.10 bits per heavy atom. The zero-order valence-corrected chi connectivity index (χ0v) is 13.9. The van der Waals surface area contributed by atoms with Crippen LogP contribution < -0.4 is 10.6 Å². The number of fused-ring (bicyclic) bond motifs is 2. The number of benzene rings is 2. The van der Waals surface area contributed by atoms with Crippen LogP contribution in [0.25, 0.3) is 10.2 Å². The molecule has 0 fully saturated rings. The van der Waals surface area contributed by atoms with Crippen LogP contribution in [0.1, 0.15) is 5.56 Å². The van der Waals surface area contributed by atoms with Gasteiger partial charge in [0.1, 0.15) is 12.5 Å². The summed E-state index contributed by atoms with van der Waals surface area (Å²) in [5.41, 5.74) is 12.1. The van der Waals surface area contributed by atoms with E-state index in [4.69, 9.17) is 5.73 Å². The van der Waals surface area contributed by atoms with Crippen molar-refractivity contribution in [3.8, 4) is 0 Å². The largest absolute Gasteiger partial charge is 0.383 e. The molecule has 1 aliphatic heterocycles. The van der Waals surface area contributed by atoms with Crippen LogP contribution in [0.4, 0.5) is 11.4 Å². The molecule has 0 saturated heterocycles. The van der Waals surface area contributed by atoms with Crippen molar-refractivity contribution in [2.75, 3.05) is 11.6 Å². The molecule has 0 amide bonds. The highest BCUT2D eigenvalue weighted by Gasteiger charge is 2.20. The average Bonchev–Trinajstić information content (AvgIpc) is 2.95. The molecule has 0 aliphatic carbocycles. The Balaban J connectivity index is 1.86. The van der Waals surface area contributed by atoms with E-state index in [0.29, 0.717) is 12.5 Å². The van der Waals surface area contributed by atoms with Gasteiger partial charge in [-0.1, -0.05) is 0 Å². The summed E-state index contributed by atoms with van der Waals surface area (Å²) in [5, 5.41) is 0. The molecule has 2 N–H and O–H groups in total. The molecule has 104 valence electrons. The van der Waals surface area contributed by atoms with Gasteiger partial charge in [0.05, 0.1) is 21.4 Å². The predicted octanol–water partition coefficient (Wildman–Crippen LogP) is 3.72. The lowest BCUT2D eigenvalue weighted by molar-refractivity contribution is 0.959. The van der Waals surface area contributed by atoms with Crippen molar-refractivity contribution in [3.05, 3.63) is 51.0 Å². The molecule has 4 rings (SSSR count). The second-order valence-electron chi connectivity index (χ2n) is 4.78. The number of amidine groups is 1. The molecule has 0 saturated carbocycles. The number of rotatable bonds is 1. The van der Waals surface area contributed by atoms with Gasteiger partial charge in [-0.2, -0.15) is 0 Å². The third kappa shape index (κ3) is 2.18. The highest BCUT2D eigenvalue weighted by Crippen LogP contribution is 2.34. The molecule has 2 heterocycles. The Morgan fingerprint density at radius 1 is 1.19 bits per heavy atom. The predicted molar refractivity (Wildman–Crippen MR) is 96.5 cm³/mol. The molecule has 0 unspecified atom stereocenters. The van der Waals surface area contributed by atoms with Crippen molar-refractivity contribution in [2.45, 2.75) is 0 Å². The van der Waals surface area contributed by atoms with Gasteiger partial charge in [0, 0.05) is 14.8 Å². The van der Waals surface area contributed by atoms with Gasteiger partial charge in [0.15, 0.2) is 0 Å². The first-order valence-corrected chi connectivity index (χ1v) is 8.39. The lowest BCUT2D eigenvalue weighted by atomic mass is 10.1. The van der Waals surface area contributed by atoms with E-state index in [2.05, 4.69) is 73.9 Å². The standard InChI is InChI=1S/C15H11IN4S/c16-9-1-3-13-11(5-9)15(17)18-7-20(13)10-2-4-14-12(6-10)19-8-21-14/h1-6,8H,7H2,(H2,17,18). The van der Waals surface area contributed by atoms with E-state index < -0.39 is 0 Å². The molecule has 4 nitrogen and oxygen atoms in total. The summed E-state index contributed by atoms with van der Waals surface area (Å²) < 4.78 is 2.35. The van der Waals surface area contributed by atoms with Crippen molar-refractivity contribution in [1.29, 1.82) is 0 Å². The number of hydrogen-bond acceptors (Lipinski definition) is 5. The molecule has 6 heteroatoms. The van der Waals surface area contributed by atoms with E-state index in [9.17, 15) is 0 Å². The van der Waals surface area contributed by atoms with Gasteiger partial charge in [0.25, 0.3) is 0 Å². The second kappa shape index (κ2) is 4.96. The van der Waals surface area contributed by atoms with E-state index in [0.717, 1.165) is 26.0 Å². The summed E-state index contributed by atoms with van der Waals surface area (Å²) in [4.78, 5) is 11.0. The first-order chi connectivity index (χ1) is 10.2. The maximum Gasteiger partial charge on any atom is 0.129 e. The molecule has 3 aromatic rings. The third-order valence-corrected chi connectivity index (χ3v) is 5.01. The molecule has 0 bridgehead atoms. The number of aliphatic imine (C=N–C) groups is 1. The van der Waals surface area contributed by atoms with Gasteiger partial charge >= 0.3 is 0 Å². The van der Waals surface area contributed by atoms with Crippen molar-refractivity contribution in [3.63, 3.8) is 0 Å². The lowest BCUT2D eigenvalue weighted by Gasteiger charge is -2.29. The lowest BCUT2D eigenvalue weighted by Crippen LogP contribution is -2.29. The monoisotopic (exact) mass is 406 g/mol. The number of halogens is 1. The fraction of sp³-hybridized carbons (Fsp3) is 0.0667. The molecule has 2 aromatic carbocycles. The molecular formula is C15H11IN4S. The number of nitrogens with zero attached hydrogens (tertiary/aromatic N) is 3. The first-order valence-electron chi connectivity index (χ1n) is 6.43. The van der Waals surface area contributed by atoms with E-state index in [1.165, 1.54) is 4.70 Å². The Hall–Kier alpha value is -1.67. The van der Waals surface area contributed by atoms with Gasteiger partial charge in [-0.15, -0.1) is 11.3 Å². The fourth-order valence-electron chi connectivity index (χ4n) is 2.49. The first kappa shape index (κ1) is 13.0. The number of anilines is 2. The summed E-state index contributed by atoms with van der Waals surface area (Å²) in [5.74, 6) is 0.606. The molecule has 21 heavy (non-hydrogen) atoms. The maximum atomic E-state index is 6.04. The third-order valence-electron chi connectivity index (χ3n) is 3.53. The maximum absolute atomic E-state index is 6.04. The summed E-state index contributed by atoms with van der Waals surface area (Å²) in [6.45, 7) is 0.537. The topological polar surface area (TPSA) is 54.5 Å². The number of hydrogen-bond donors (Lipinski definition) is 1. The average molecular weight is 406 g/mol. The minimum Gasteiger partial charge on any atom is -0.383 e. The zero-order valence-electron chi connectivity index (χ0n) is 11.0. The van der Waals surface area contributed by atoms with E-state index in [-0.39, 0.29) is 0 Å².